The van der Waals surface area contributed by atoms with Gasteiger partial charge in [-0.15, -0.1) is 0 Å². The highest BCUT2D eigenvalue weighted by molar-refractivity contribution is 5.37. The lowest BCUT2D eigenvalue weighted by molar-refractivity contribution is 0.266. The summed E-state index contributed by atoms with van der Waals surface area (Å²) in [6.45, 7) is 5.75. The van der Waals surface area contributed by atoms with E-state index in [4.69, 9.17) is 5.73 Å². The van der Waals surface area contributed by atoms with Gasteiger partial charge in [-0.1, -0.05) is 24.0 Å². The van der Waals surface area contributed by atoms with E-state index in [0.29, 0.717) is 12.6 Å². The van der Waals surface area contributed by atoms with Crippen LogP contribution in [0.4, 0.5) is 0 Å². The molecule has 0 fully saturated rings. The number of hydrogen-bond acceptors (Lipinski definition) is 2. The molecule has 2 heteroatoms. The first-order valence-corrected chi connectivity index (χ1v) is 5.61. The molecule has 0 heterocycles. The van der Waals surface area contributed by atoms with Crippen LogP contribution in [0.5, 0.6) is 0 Å². The van der Waals surface area contributed by atoms with Gasteiger partial charge in [-0.3, -0.25) is 4.90 Å². The molecule has 0 spiro atoms. The smallest absolute Gasteiger partial charge is 0.0555 e. The molecule has 0 radical (unpaired) electrons. The predicted molar refractivity (Wildman–Crippen MR) is 69.0 cm³/mol. The molecule has 2 nitrogen and oxygen atoms in total. The maximum Gasteiger partial charge on any atom is 0.0555 e. The highest BCUT2D eigenvalue weighted by atomic mass is 15.1. The van der Waals surface area contributed by atoms with Gasteiger partial charge >= 0.3 is 0 Å². The Morgan fingerprint density at radius 1 is 1.38 bits per heavy atom. The molecule has 0 aromatic heterocycles. The van der Waals surface area contributed by atoms with Crippen LogP contribution in [0.15, 0.2) is 24.3 Å². The highest BCUT2D eigenvalue weighted by Gasteiger charge is 2.03. The Bertz CT molecular complexity index is 385. The van der Waals surface area contributed by atoms with E-state index in [1.165, 1.54) is 5.56 Å². The van der Waals surface area contributed by atoms with Gasteiger partial charge in [0.1, 0.15) is 0 Å². The number of nitrogens with two attached hydrogens (primary N) is 1. The first kappa shape index (κ1) is 12.8. The quantitative estimate of drug-likeness (QED) is 0.781. The molecule has 16 heavy (non-hydrogen) atoms. The van der Waals surface area contributed by atoms with Gasteiger partial charge in [0, 0.05) is 18.2 Å². The van der Waals surface area contributed by atoms with Crippen LogP contribution in [0, 0.1) is 11.8 Å². The molecule has 0 bridgehead atoms. The second-order valence-electron chi connectivity index (χ2n) is 4.22. The summed E-state index contributed by atoms with van der Waals surface area (Å²) in [5, 5.41) is 0. The summed E-state index contributed by atoms with van der Waals surface area (Å²) < 4.78 is 0. The Morgan fingerprint density at radius 3 is 2.75 bits per heavy atom. The first-order chi connectivity index (χ1) is 7.63. The van der Waals surface area contributed by atoms with Crippen molar-refractivity contribution in [3.8, 4) is 11.8 Å². The van der Waals surface area contributed by atoms with Crippen molar-refractivity contribution in [2.45, 2.75) is 26.4 Å². The van der Waals surface area contributed by atoms with Crippen molar-refractivity contribution < 1.29 is 0 Å². The Balaban J connectivity index is 2.74. The Hall–Kier alpha value is -1.30. The largest absolute Gasteiger partial charge is 0.320 e. The SMILES string of the molecule is CC(C)N(C)Cc1cccc(C#CCN)c1. The minimum absolute atomic E-state index is 0.413. The van der Waals surface area contributed by atoms with Crippen LogP contribution in [-0.4, -0.2) is 24.5 Å². The lowest BCUT2D eigenvalue weighted by Crippen LogP contribution is -2.25. The number of rotatable bonds is 3. The zero-order valence-electron chi connectivity index (χ0n) is 10.3. The summed E-state index contributed by atoms with van der Waals surface area (Å²) in [5.74, 6) is 5.93. The molecule has 0 saturated heterocycles. The van der Waals surface area contributed by atoms with Crippen LogP contribution in [0.1, 0.15) is 25.0 Å². The van der Waals surface area contributed by atoms with Crippen LogP contribution in [-0.2, 0) is 6.54 Å². The maximum absolute atomic E-state index is 5.35. The first-order valence-electron chi connectivity index (χ1n) is 5.61. The van der Waals surface area contributed by atoms with Crippen molar-refractivity contribution in [1.29, 1.82) is 0 Å². The molecule has 0 saturated carbocycles. The monoisotopic (exact) mass is 216 g/mol. The van der Waals surface area contributed by atoms with E-state index in [2.05, 4.69) is 49.8 Å². The lowest BCUT2D eigenvalue weighted by atomic mass is 10.1. The zero-order valence-corrected chi connectivity index (χ0v) is 10.3. The van der Waals surface area contributed by atoms with E-state index in [1.807, 2.05) is 12.1 Å². The van der Waals surface area contributed by atoms with Gasteiger partial charge in [0.15, 0.2) is 0 Å². The summed E-state index contributed by atoms with van der Waals surface area (Å²) in [6, 6.07) is 8.87. The van der Waals surface area contributed by atoms with Gasteiger partial charge in [0.25, 0.3) is 0 Å². The minimum Gasteiger partial charge on any atom is -0.320 e. The van der Waals surface area contributed by atoms with Crippen molar-refractivity contribution in [3.63, 3.8) is 0 Å². The molecule has 0 unspecified atom stereocenters. The van der Waals surface area contributed by atoms with Gasteiger partial charge < -0.3 is 5.73 Å². The van der Waals surface area contributed by atoms with Gasteiger partial charge in [-0.05, 0) is 38.6 Å². The van der Waals surface area contributed by atoms with E-state index >= 15 is 0 Å². The normalized spacial score (nSPS) is 10.4. The molecule has 2 N–H and O–H groups in total. The zero-order chi connectivity index (χ0) is 12.0. The minimum atomic E-state index is 0.413. The van der Waals surface area contributed by atoms with E-state index in [0.717, 1.165) is 12.1 Å². The third-order valence-corrected chi connectivity index (χ3v) is 2.58. The summed E-state index contributed by atoms with van der Waals surface area (Å²) in [5.41, 5.74) is 7.69. The van der Waals surface area contributed by atoms with Crippen molar-refractivity contribution in [1.82, 2.24) is 4.90 Å². The fourth-order valence-electron chi connectivity index (χ4n) is 1.37. The van der Waals surface area contributed by atoms with Crippen molar-refractivity contribution in [3.05, 3.63) is 35.4 Å². The predicted octanol–water partition coefficient (Wildman–Crippen LogP) is 1.84. The molecule has 0 aliphatic heterocycles. The second kappa shape index (κ2) is 6.32. The molecule has 1 rings (SSSR count). The van der Waals surface area contributed by atoms with Crippen LogP contribution < -0.4 is 5.73 Å². The van der Waals surface area contributed by atoms with Crippen molar-refractivity contribution in [2.75, 3.05) is 13.6 Å². The molecule has 1 aromatic carbocycles. The van der Waals surface area contributed by atoms with E-state index in [-0.39, 0.29) is 0 Å². The van der Waals surface area contributed by atoms with E-state index in [9.17, 15) is 0 Å². The molecular weight excluding hydrogens is 196 g/mol. The third kappa shape index (κ3) is 4.06. The Morgan fingerprint density at radius 2 is 2.12 bits per heavy atom. The van der Waals surface area contributed by atoms with Gasteiger partial charge in [-0.2, -0.15) is 0 Å². The molecule has 86 valence electrons. The molecule has 0 aliphatic carbocycles. The third-order valence-electron chi connectivity index (χ3n) is 2.58. The van der Waals surface area contributed by atoms with Gasteiger partial charge in [0.05, 0.1) is 6.54 Å². The molecular formula is C14H20N2. The van der Waals surface area contributed by atoms with E-state index < -0.39 is 0 Å². The summed E-state index contributed by atoms with van der Waals surface area (Å²) in [6.07, 6.45) is 0. The number of benzene rings is 1. The number of nitrogens with zero attached hydrogens (tertiary/aromatic N) is 1. The van der Waals surface area contributed by atoms with Crippen LogP contribution in [0.3, 0.4) is 0 Å². The van der Waals surface area contributed by atoms with E-state index in [1.54, 1.807) is 0 Å². The van der Waals surface area contributed by atoms with Crippen LogP contribution in [0.2, 0.25) is 0 Å². The maximum atomic E-state index is 5.35. The van der Waals surface area contributed by atoms with Crippen molar-refractivity contribution in [2.24, 2.45) is 5.73 Å². The van der Waals surface area contributed by atoms with Crippen LogP contribution >= 0.6 is 0 Å². The Labute approximate surface area is 98.4 Å². The van der Waals surface area contributed by atoms with Gasteiger partial charge in [-0.25, -0.2) is 0 Å². The number of hydrogen-bond donors (Lipinski definition) is 1. The average Bonchev–Trinajstić information content (AvgIpc) is 2.26. The molecule has 0 atom stereocenters. The highest BCUT2D eigenvalue weighted by Crippen LogP contribution is 2.08. The fourth-order valence-corrected chi connectivity index (χ4v) is 1.37. The summed E-state index contributed by atoms with van der Waals surface area (Å²) in [4.78, 5) is 2.30. The average molecular weight is 216 g/mol. The van der Waals surface area contributed by atoms with Gasteiger partial charge in [0.2, 0.25) is 0 Å². The summed E-state index contributed by atoms with van der Waals surface area (Å²) in [7, 11) is 2.13. The summed E-state index contributed by atoms with van der Waals surface area (Å²) >= 11 is 0. The molecule has 0 amide bonds. The van der Waals surface area contributed by atoms with Crippen molar-refractivity contribution >= 4 is 0 Å². The second-order valence-corrected chi connectivity index (χ2v) is 4.22. The molecule has 1 aromatic rings. The lowest BCUT2D eigenvalue weighted by Gasteiger charge is -2.20. The molecule has 0 aliphatic rings. The van der Waals surface area contributed by atoms with Crippen LogP contribution in [0.25, 0.3) is 0 Å². The fraction of sp³-hybridized carbons (Fsp3) is 0.429. The topological polar surface area (TPSA) is 29.3 Å². The Kier molecular flexibility index (Phi) is 5.04. The standard InChI is InChI=1S/C14H20N2/c1-12(2)16(3)11-14-7-4-6-13(10-14)8-5-9-15/h4,6-7,10,12H,9,11,15H2,1-3H3.